The van der Waals surface area contributed by atoms with Crippen molar-refractivity contribution >= 4 is 36.3 Å². The van der Waals surface area contributed by atoms with Crippen LogP contribution in [-0.2, 0) is 13.7 Å². The highest BCUT2D eigenvalue weighted by atomic mass is 33.1. The molecule has 0 spiro atoms. The van der Waals surface area contributed by atoms with Gasteiger partial charge in [0.25, 0.3) is 0 Å². The number of carbonyl (C=O) groups is 1. The Hall–Kier alpha value is -1.46. The Balaban J connectivity index is 1.83. The van der Waals surface area contributed by atoms with Crippen LogP contribution < -0.4 is 0 Å². The maximum Gasteiger partial charge on any atom is 0.374 e. The van der Waals surface area contributed by atoms with E-state index in [-0.39, 0.29) is 0 Å². The molecule has 5 heteroatoms. The monoisotopic (exact) mass is 278 g/mol. The van der Waals surface area contributed by atoms with Gasteiger partial charge in [0.2, 0.25) is 5.76 Å². The van der Waals surface area contributed by atoms with Crippen LogP contribution >= 0.6 is 20.6 Å². The van der Waals surface area contributed by atoms with Crippen molar-refractivity contribution in [2.24, 2.45) is 0 Å². The molecular weight excluding hydrogens is 268 g/mol. The van der Waals surface area contributed by atoms with Crippen LogP contribution in [0.1, 0.15) is 5.56 Å². The van der Waals surface area contributed by atoms with Gasteiger partial charge in [-0.3, -0.25) is 0 Å². The smallest absolute Gasteiger partial charge is 0.374 e. The Labute approximate surface area is 111 Å². The highest BCUT2D eigenvalue weighted by molar-refractivity contribution is 8.86. The predicted octanol–water partition coefficient (Wildman–Crippen LogP) is 3.13. The van der Waals surface area contributed by atoms with E-state index in [9.17, 15) is 4.79 Å². The summed E-state index contributed by atoms with van der Waals surface area (Å²) in [6, 6.07) is 10.1. The quantitative estimate of drug-likeness (QED) is 0.473. The van der Waals surface area contributed by atoms with Crippen molar-refractivity contribution < 1.29 is 13.7 Å². The molecule has 2 aliphatic heterocycles. The van der Waals surface area contributed by atoms with Crippen LogP contribution in [0.15, 0.2) is 48.2 Å². The zero-order valence-electron chi connectivity index (χ0n) is 9.58. The van der Waals surface area contributed by atoms with Crippen LogP contribution in [0.25, 0.3) is 4.91 Å². The third kappa shape index (κ3) is 2.00. The van der Waals surface area contributed by atoms with Crippen LogP contribution in [0.5, 0.6) is 0 Å². The summed E-state index contributed by atoms with van der Waals surface area (Å²) in [7, 11) is 2.59. The lowest BCUT2D eigenvalue weighted by atomic mass is 10.2. The minimum absolute atomic E-state index is 0.298. The van der Waals surface area contributed by atoms with Crippen LogP contribution in [0, 0.1) is 0 Å². The number of hydrogen-bond donors (Lipinski definition) is 0. The molecule has 0 bridgehead atoms. The van der Waals surface area contributed by atoms with E-state index >= 15 is 0 Å². The molecule has 3 rings (SSSR count). The second-order valence-corrected chi connectivity index (χ2v) is 6.80. The molecular formula is C13H10O3S2. The number of ether oxygens (including phenoxy) is 1. The van der Waals surface area contributed by atoms with Gasteiger partial charge in [-0.25, -0.2) is 4.79 Å². The van der Waals surface area contributed by atoms with Gasteiger partial charge in [0.15, 0.2) is 0 Å². The number of rotatable bonds is 2. The summed E-state index contributed by atoms with van der Waals surface area (Å²) < 4.78 is 10.2. The average Bonchev–Trinajstić information content (AvgIpc) is 2.97. The number of esters is 1. The minimum Gasteiger partial charge on any atom is -0.463 e. The predicted molar refractivity (Wildman–Crippen MR) is 75.8 cm³/mol. The zero-order valence-corrected chi connectivity index (χ0v) is 11.2. The molecule has 92 valence electrons. The third-order valence-corrected chi connectivity index (χ3v) is 5.93. The molecule has 1 aromatic rings. The first-order valence-electron chi connectivity index (χ1n) is 5.33. The second-order valence-electron chi connectivity index (χ2n) is 3.68. The van der Waals surface area contributed by atoms with Crippen LogP contribution in [0.4, 0.5) is 0 Å². The fraction of sp³-hybridized carbons (Fsp3) is 0.0769. The summed E-state index contributed by atoms with van der Waals surface area (Å²) in [5, 5.41) is 0. The normalized spacial score (nSPS) is 20.9. The van der Waals surface area contributed by atoms with Gasteiger partial charge in [-0.05, 0) is 22.4 Å². The fourth-order valence-electron chi connectivity index (χ4n) is 1.65. The van der Waals surface area contributed by atoms with E-state index in [0.29, 0.717) is 5.76 Å². The molecule has 1 aromatic carbocycles. The van der Waals surface area contributed by atoms with E-state index in [4.69, 9.17) is 4.18 Å². The second kappa shape index (κ2) is 4.66. The van der Waals surface area contributed by atoms with Gasteiger partial charge < -0.3 is 8.92 Å². The van der Waals surface area contributed by atoms with E-state index < -0.39 is 15.8 Å². The van der Waals surface area contributed by atoms with Gasteiger partial charge >= 0.3 is 5.97 Å². The first kappa shape index (κ1) is 11.6. The van der Waals surface area contributed by atoms with Gasteiger partial charge in [-0.15, -0.1) is 0 Å². The molecule has 18 heavy (non-hydrogen) atoms. The van der Waals surface area contributed by atoms with E-state index in [2.05, 4.69) is 22.9 Å². The molecule has 0 N–H and O–H groups in total. The van der Waals surface area contributed by atoms with E-state index in [1.165, 1.54) is 17.6 Å². The molecule has 1 unspecified atom stereocenters. The zero-order chi connectivity index (χ0) is 12.5. The SMILES string of the molecule is COC(=O)C1=CC2=S(O1)SC(c1ccccc1)=C2. The number of hydrogen-bond acceptors (Lipinski definition) is 4. The highest BCUT2D eigenvalue weighted by Crippen LogP contribution is 2.53. The Morgan fingerprint density at radius 3 is 2.72 bits per heavy atom. The number of benzene rings is 1. The molecule has 0 aliphatic carbocycles. The number of carbonyl (C=O) groups excluding carboxylic acids is 1. The largest absolute Gasteiger partial charge is 0.463 e. The van der Waals surface area contributed by atoms with Crippen molar-refractivity contribution in [3.63, 3.8) is 0 Å². The van der Waals surface area contributed by atoms with Crippen LogP contribution in [0.2, 0.25) is 0 Å². The highest BCUT2D eigenvalue weighted by Gasteiger charge is 2.27. The molecule has 0 radical (unpaired) electrons. The Morgan fingerprint density at radius 1 is 1.28 bits per heavy atom. The maximum atomic E-state index is 11.3. The molecule has 0 amide bonds. The van der Waals surface area contributed by atoms with Crippen molar-refractivity contribution in [3.05, 3.63) is 53.8 Å². The van der Waals surface area contributed by atoms with Crippen molar-refractivity contribution in [1.29, 1.82) is 0 Å². The Morgan fingerprint density at radius 2 is 2.06 bits per heavy atom. The van der Waals surface area contributed by atoms with Crippen molar-refractivity contribution in [2.45, 2.75) is 0 Å². The summed E-state index contributed by atoms with van der Waals surface area (Å²) in [6.45, 7) is 0. The van der Waals surface area contributed by atoms with Crippen LogP contribution in [0.3, 0.4) is 0 Å². The standard InChI is InChI=1S/C13H10O3S2/c1-15-13(14)11-7-10-8-12(17-18(10)16-11)9-5-3-2-4-6-9/h2-8H,1H3. The van der Waals surface area contributed by atoms with Crippen molar-refractivity contribution in [1.82, 2.24) is 0 Å². The number of methoxy groups -OCH3 is 1. The van der Waals surface area contributed by atoms with Gasteiger partial charge in [-0.1, -0.05) is 30.3 Å². The summed E-state index contributed by atoms with van der Waals surface area (Å²) in [5.41, 5.74) is 1.17. The average molecular weight is 278 g/mol. The van der Waals surface area contributed by atoms with Gasteiger partial charge in [0, 0.05) is 11.0 Å². The topological polar surface area (TPSA) is 35.5 Å². The summed E-state index contributed by atoms with van der Waals surface area (Å²) >= 11 is 0. The minimum atomic E-state index is -0.417. The van der Waals surface area contributed by atoms with Gasteiger partial charge in [0.1, 0.15) is 0 Å². The fourth-order valence-corrected chi connectivity index (χ4v) is 5.04. The lowest BCUT2D eigenvalue weighted by molar-refractivity contribution is -0.138. The Bertz CT molecular complexity index is 600. The van der Waals surface area contributed by atoms with E-state index in [0.717, 1.165) is 4.86 Å². The molecule has 3 nitrogen and oxygen atoms in total. The Kier molecular flexibility index (Phi) is 3.01. The first-order chi connectivity index (χ1) is 8.78. The summed E-state index contributed by atoms with van der Waals surface area (Å²) in [4.78, 5) is 13.6. The summed E-state index contributed by atoms with van der Waals surface area (Å²) in [5.74, 6) is -0.119. The van der Waals surface area contributed by atoms with E-state index in [1.807, 2.05) is 18.2 Å². The summed E-state index contributed by atoms with van der Waals surface area (Å²) in [6.07, 6.45) is 3.83. The molecule has 1 atom stereocenters. The van der Waals surface area contributed by atoms with Gasteiger partial charge in [0.05, 0.1) is 21.8 Å². The molecule has 2 heterocycles. The maximum absolute atomic E-state index is 11.3. The molecule has 0 aromatic heterocycles. The molecule has 0 saturated heterocycles. The van der Waals surface area contributed by atoms with Crippen molar-refractivity contribution in [2.75, 3.05) is 7.11 Å². The molecule has 2 aliphatic rings. The van der Waals surface area contributed by atoms with E-state index in [1.54, 1.807) is 16.9 Å². The first-order valence-corrected chi connectivity index (χ1v) is 7.81. The van der Waals surface area contributed by atoms with Crippen molar-refractivity contribution in [3.8, 4) is 0 Å². The van der Waals surface area contributed by atoms with Crippen LogP contribution in [-0.4, -0.2) is 17.9 Å². The lowest BCUT2D eigenvalue weighted by Gasteiger charge is -2.06. The molecule has 0 fully saturated rings. The van der Waals surface area contributed by atoms with Gasteiger partial charge in [-0.2, -0.15) is 0 Å². The number of allylic oxidation sites excluding steroid dienone is 2. The third-order valence-electron chi connectivity index (χ3n) is 2.51. The molecule has 0 saturated carbocycles. The lowest BCUT2D eigenvalue weighted by Crippen LogP contribution is -2.04.